The molecule has 0 aliphatic rings. The largest absolute Gasteiger partial charge is 0.552 e. The third kappa shape index (κ3) is 5.97. The number of carbonyl (C=O) groups excluding carboxylic acids is 1. The standard InChI is InChI=1S/C8H15O4/c1-4-5-6-11-8(2,3)12-7(9)10/h4-6H2,1-3H3. The topological polar surface area (TPSA) is 55.4 Å². The summed E-state index contributed by atoms with van der Waals surface area (Å²) in [6, 6.07) is 0. The second-order valence-electron chi connectivity index (χ2n) is 2.95. The molecule has 0 aliphatic heterocycles. The summed E-state index contributed by atoms with van der Waals surface area (Å²) in [4.78, 5) is 10.0. The van der Waals surface area contributed by atoms with E-state index in [1.165, 1.54) is 0 Å². The normalized spacial score (nSPS) is 11.2. The van der Waals surface area contributed by atoms with Crippen molar-refractivity contribution in [1.29, 1.82) is 0 Å². The number of ether oxygens (including phenoxy) is 2. The zero-order valence-corrected chi connectivity index (χ0v) is 7.75. The highest BCUT2D eigenvalue weighted by atomic mass is 16.8. The third-order valence-electron chi connectivity index (χ3n) is 1.28. The molecule has 0 fully saturated rings. The van der Waals surface area contributed by atoms with Gasteiger partial charge in [-0.25, -0.2) is 0 Å². The lowest BCUT2D eigenvalue weighted by molar-refractivity contribution is -0.189. The van der Waals surface area contributed by atoms with E-state index in [4.69, 9.17) is 4.74 Å². The molecule has 71 valence electrons. The second-order valence-corrected chi connectivity index (χ2v) is 2.95. The Balaban J connectivity index is 3.63. The molecular formula is C8H15O4. The molecule has 0 atom stereocenters. The zero-order chi connectivity index (χ0) is 9.61. The average molecular weight is 175 g/mol. The van der Waals surface area contributed by atoms with Crippen molar-refractivity contribution in [2.45, 2.75) is 39.4 Å². The lowest BCUT2D eigenvalue weighted by Crippen LogP contribution is -2.30. The molecule has 0 unspecified atom stereocenters. The average Bonchev–Trinajstić information content (AvgIpc) is 1.84. The van der Waals surface area contributed by atoms with Gasteiger partial charge in [-0.2, -0.15) is 9.90 Å². The van der Waals surface area contributed by atoms with Crippen LogP contribution in [0.15, 0.2) is 0 Å². The van der Waals surface area contributed by atoms with Crippen LogP contribution in [0.3, 0.4) is 0 Å². The van der Waals surface area contributed by atoms with E-state index in [0.717, 1.165) is 12.8 Å². The molecule has 12 heavy (non-hydrogen) atoms. The Morgan fingerprint density at radius 3 is 2.42 bits per heavy atom. The van der Waals surface area contributed by atoms with Crippen molar-refractivity contribution in [2.75, 3.05) is 6.61 Å². The molecule has 0 bridgehead atoms. The SMILES string of the molecule is CCCCOC(C)(C)OC([O])=O. The van der Waals surface area contributed by atoms with Gasteiger partial charge in [-0.15, -0.1) is 0 Å². The summed E-state index contributed by atoms with van der Waals surface area (Å²) in [7, 11) is 0. The summed E-state index contributed by atoms with van der Waals surface area (Å²) in [5.74, 6) is -1.09. The van der Waals surface area contributed by atoms with Gasteiger partial charge < -0.3 is 9.47 Å². The molecule has 0 rings (SSSR count). The number of hydrogen-bond donors (Lipinski definition) is 0. The van der Waals surface area contributed by atoms with Crippen molar-refractivity contribution >= 4 is 6.16 Å². The summed E-state index contributed by atoms with van der Waals surface area (Å²) in [5, 5.41) is 10.0. The third-order valence-corrected chi connectivity index (χ3v) is 1.28. The summed E-state index contributed by atoms with van der Waals surface area (Å²) in [6.07, 6.45) is 0.331. The first kappa shape index (κ1) is 11.2. The van der Waals surface area contributed by atoms with Crippen LogP contribution in [0.4, 0.5) is 4.79 Å². The van der Waals surface area contributed by atoms with Gasteiger partial charge in [-0.05, 0) is 6.42 Å². The van der Waals surface area contributed by atoms with E-state index < -0.39 is 11.9 Å². The van der Waals surface area contributed by atoms with Crippen LogP contribution in [0.2, 0.25) is 0 Å². The van der Waals surface area contributed by atoms with Crippen LogP contribution < -0.4 is 0 Å². The molecule has 0 saturated heterocycles. The Labute approximate surface area is 72.5 Å². The lowest BCUT2D eigenvalue weighted by atomic mass is 10.3. The highest BCUT2D eigenvalue weighted by molar-refractivity contribution is 5.56. The van der Waals surface area contributed by atoms with Gasteiger partial charge in [0, 0.05) is 13.8 Å². The lowest BCUT2D eigenvalue weighted by Gasteiger charge is -2.22. The van der Waals surface area contributed by atoms with Crippen molar-refractivity contribution in [3.8, 4) is 0 Å². The minimum absolute atomic E-state index is 0.497. The molecule has 0 aromatic heterocycles. The predicted octanol–water partition coefficient (Wildman–Crippen LogP) is 2.11. The van der Waals surface area contributed by atoms with E-state index >= 15 is 0 Å². The fourth-order valence-electron chi connectivity index (χ4n) is 0.692. The fraction of sp³-hybridized carbons (Fsp3) is 0.875. The van der Waals surface area contributed by atoms with E-state index in [9.17, 15) is 9.90 Å². The Morgan fingerprint density at radius 2 is 2.00 bits per heavy atom. The Hall–Kier alpha value is -0.770. The van der Waals surface area contributed by atoms with Gasteiger partial charge in [-0.3, -0.25) is 0 Å². The van der Waals surface area contributed by atoms with Crippen LogP contribution in [0, 0.1) is 0 Å². The van der Waals surface area contributed by atoms with Gasteiger partial charge in [0.2, 0.25) is 5.79 Å². The minimum Gasteiger partial charge on any atom is -0.400 e. The smallest absolute Gasteiger partial charge is 0.400 e. The maximum Gasteiger partial charge on any atom is 0.552 e. The number of carbonyl (C=O) groups is 1. The van der Waals surface area contributed by atoms with Crippen molar-refractivity contribution in [2.24, 2.45) is 0 Å². The predicted molar refractivity (Wildman–Crippen MR) is 42.1 cm³/mol. The number of unbranched alkanes of at least 4 members (excludes halogenated alkanes) is 1. The molecule has 0 heterocycles. The van der Waals surface area contributed by atoms with Crippen LogP contribution in [-0.4, -0.2) is 18.5 Å². The first-order valence-corrected chi connectivity index (χ1v) is 4.02. The molecule has 4 heteroatoms. The molecule has 0 saturated carbocycles. The van der Waals surface area contributed by atoms with E-state index in [1.54, 1.807) is 13.8 Å². The van der Waals surface area contributed by atoms with E-state index in [-0.39, 0.29) is 0 Å². The van der Waals surface area contributed by atoms with Crippen LogP contribution >= 0.6 is 0 Å². The Bertz CT molecular complexity index is 142. The molecule has 0 amide bonds. The Kier molecular flexibility index (Phi) is 4.66. The van der Waals surface area contributed by atoms with E-state index in [1.807, 2.05) is 6.92 Å². The summed E-state index contributed by atoms with van der Waals surface area (Å²) >= 11 is 0. The second kappa shape index (κ2) is 4.98. The maximum absolute atomic E-state index is 10.0. The monoisotopic (exact) mass is 175 g/mol. The van der Waals surface area contributed by atoms with Crippen LogP contribution in [0.25, 0.3) is 0 Å². The van der Waals surface area contributed by atoms with Gasteiger partial charge in [0.1, 0.15) is 0 Å². The Morgan fingerprint density at radius 1 is 1.42 bits per heavy atom. The molecule has 0 N–H and O–H groups in total. The maximum atomic E-state index is 10.0. The van der Waals surface area contributed by atoms with Crippen molar-refractivity contribution in [3.63, 3.8) is 0 Å². The molecular weight excluding hydrogens is 160 g/mol. The van der Waals surface area contributed by atoms with E-state index in [2.05, 4.69) is 4.74 Å². The number of hydrogen-bond acceptors (Lipinski definition) is 3. The molecule has 0 aromatic rings. The molecule has 0 aliphatic carbocycles. The van der Waals surface area contributed by atoms with Crippen molar-refractivity contribution in [1.82, 2.24) is 0 Å². The number of rotatable bonds is 5. The van der Waals surface area contributed by atoms with Crippen LogP contribution in [-0.2, 0) is 14.6 Å². The molecule has 1 radical (unpaired) electrons. The molecule has 4 nitrogen and oxygen atoms in total. The summed E-state index contributed by atoms with van der Waals surface area (Å²) in [5.41, 5.74) is 0. The highest BCUT2D eigenvalue weighted by Gasteiger charge is 2.23. The minimum atomic E-state index is -1.56. The van der Waals surface area contributed by atoms with E-state index in [0.29, 0.717) is 6.61 Å². The molecule has 0 spiro atoms. The summed E-state index contributed by atoms with van der Waals surface area (Å²) in [6.45, 7) is 5.60. The van der Waals surface area contributed by atoms with Crippen molar-refractivity contribution in [3.05, 3.63) is 0 Å². The van der Waals surface area contributed by atoms with Gasteiger partial charge in [0.25, 0.3) is 0 Å². The van der Waals surface area contributed by atoms with Crippen LogP contribution in [0.1, 0.15) is 33.6 Å². The molecule has 0 aromatic carbocycles. The first-order chi connectivity index (χ1) is 5.48. The van der Waals surface area contributed by atoms with Crippen molar-refractivity contribution < 1.29 is 19.4 Å². The summed E-state index contributed by atoms with van der Waals surface area (Å²) < 4.78 is 9.51. The highest BCUT2D eigenvalue weighted by Crippen LogP contribution is 2.11. The van der Waals surface area contributed by atoms with Gasteiger partial charge in [-0.1, -0.05) is 13.3 Å². The van der Waals surface area contributed by atoms with Gasteiger partial charge in [0.05, 0.1) is 6.61 Å². The van der Waals surface area contributed by atoms with Gasteiger partial charge in [0.15, 0.2) is 0 Å². The quantitative estimate of drug-likeness (QED) is 0.365. The first-order valence-electron chi connectivity index (χ1n) is 4.02. The van der Waals surface area contributed by atoms with Crippen LogP contribution in [0.5, 0.6) is 0 Å². The van der Waals surface area contributed by atoms with Gasteiger partial charge >= 0.3 is 6.16 Å². The fourth-order valence-corrected chi connectivity index (χ4v) is 0.692. The zero-order valence-electron chi connectivity index (χ0n) is 7.75.